The highest BCUT2D eigenvalue weighted by Gasteiger charge is 2.32. The van der Waals surface area contributed by atoms with Gasteiger partial charge in [0.2, 0.25) is 15.6 Å². The van der Waals surface area contributed by atoms with E-state index in [2.05, 4.69) is 53.3 Å². The molecule has 3 atom stereocenters. The summed E-state index contributed by atoms with van der Waals surface area (Å²) in [6.45, 7) is 8.02. The molecule has 2 aromatic carbocycles. The van der Waals surface area contributed by atoms with Crippen LogP contribution in [0.1, 0.15) is 58.1 Å². The summed E-state index contributed by atoms with van der Waals surface area (Å²) >= 11 is 17.0. The van der Waals surface area contributed by atoms with Crippen LogP contribution in [0.3, 0.4) is 0 Å². The van der Waals surface area contributed by atoms with E-state index in [0.29, 0.717) is 13.0 Å². The number of carbonyl (C=O) groups excluding carboxylic acids is 3. The minimum atomic E-state index is -1.68. The van der Waals surface area contributed by atoms with E-state index in [-0.39, 0.29) is 36.8 Å². The lowest BCUT2D eigenvalue weighted by atomic mass is 10.0. The summed E-state index contributed by atoms with van der Waals surface area (Å²) in [6, 6.07) is 11.0. The maximum absolute atomic E-state index is 13.1. The Kier molecular flexibility index (Phi) is 12.5. The van der Waals surface area contributed by atoms with E-state index in [1.54, 1.807) is 10.9 Å². The summed E-state index contributed by atoms with van der Waals surface area (Å²) in [7, 11) is 0. The van der Waals surface area contributed by atoms with Crippen LogP contribution in [0, 0.1) is 5.92 Å². The molecule has 2 aromatic rings. The van der Waals surface area contributed by atoms with E-state index in [4.69, 9.17) is 39.5 Å². The lowest BCUT2D eigenvalue weighted by Gasteiger charge is -2.24. The second kappa shape index (κ2) is 15.6. The number of carbonyl (C=O) groups is 3. The topological polar surface area (TPSA) is 99.5 Å². The van der Waals surface area contributed by atoms with Crippen LogP contribution in [-0.4, -0.2) is 63.8 Å². The number of benzene rings is 2. The van der Waals surface area contributed by atoms with Gasteiger partial charge < -0.3 is 15.4 Å². The molecule has 0 spiro atoms. The molecule has 42 heavy (non-hydrogen) atoms. The molecule has 3 N–H and O–H groups in total. The second-order valence-corrected chi connectivity index (χ2v) is 13.4. The second-order valence-electron chi connectivity index (χ2n) is 10.9. The van der Waals surface area contributed by atoms with E-state index in [1.807, 2.05) is 39.0 Å². The highest BCUT2D eigenvalue weighted by atomic mass is 35.6. The van der Waals surface area contributed by atoms with Crippen LogP contribution in [0.5, 0.6) is 0 Å². The number of hydrogen-bond donors (Lipinski definition) is 3. The summed E-state index contributed by atoms with van der Waals surface area (Å²) in [5, 5.41) is 8.14. The van der Waals surface area contributed by atoms with Crippen LogP contribution in [0.25, 0.3) is 16.8 Å². The number of fused-ring (bicyclic) bond motifs is 1. The Hall–Kier alpha value is -2.81. The van der Waals surface area contributed by atoms with Gasteiger partial charge in [-0.1, -0.05) is 98.1 Å². The third-order valence-electron chi connectivity index (χ3n) is 6.87. The maximum Gasteiger partial charge on any atom is 0.334 e. The van der Waals surface area contributed by atoms with Gasteiger partial charge in [-0.25, -0.2) is 4.79 Å². The Labute approximate surface area is 262 Å². The molecule has 1 aliphatic rings. The number of alkyl halides is 3. The van der Waals surface area contributed by atoms with Crippen molar-refractivity contribution in [3.8, 4) is 0 Å². The van der Waals surface area contributed by atoms with Gasteiger partial charge in [0.25, 0.3) is 0 Å². The third kappa shape index (κ3) is 10.8. The van der Waals surface area contributed by atoms with Gasteiger partial charge in [0.1, 0.15) is 18.7 Å². The average molecular weight is 639 g/mol. The SMILES string of the molecule is CCc1ccc2ccc(/C=C/CC(=O)NC(C(=O)NC(C)/C=[N+]3\CCCC(C(=O)OCC(Cl)(Cl)Cl)N3)C(C)C)cc2c1. The Morgan fingerprint density at radius 2 is 1.83 bits per heavy atom. The summed E-state index contributed by atoms with van der Waals surface area (Å²) in [5.41, 5.74) is 5.37. The predicted molar refractivity (Wildman–Crippen MR) is 170 cm³/mol. The third-order valence-corrected chi connectivity index (χ3v) is 7.19. The predicted octanol–water partition coefficient (Wildman–Crippen LogP) is 5.11. The molecule has 3 rings (SSSR count). The molecule has 1 heterocycles. The van der Waals surface area contributed by atoms with Gasteiger partial charge in [0.15, 0.2) is 18.8 Å². The van der Waals surface area contributed by atoms with E-state index in [0.717, 1.165) is 18.4 Å². The van der Waals surface area contributed by atoms with Crippen molar-refractivity contribution in [2.24, 2.45) is 5.92 Å². The first-order valence-electron chi connectivity index (χ1n) is 14.2. The van der Waals surface area contributed by atoms with Gasteiger partial charge in [0.05, 0.1) is 0 Å². The number of aryl methyl sites for hydroxylation is 1. The normalized spacial score (nSPS) is 18.1. The lowest BCUT2D eigenvalue weighted by molar-refractivity contribution is -0.598. The first-order chi connectivity index (χ1) is 19.8. The molecule has 11 heteroatoms. The zero-order valence-electron chi connectivity index (χ0n) is 24.5. The quantitative estimate of drug-likeness (QED) is 0.180. The van der Waals surface area contributed by atoms with Gasteiger partial charge >= 0.3 is 5.97 Å². The number of halogens is 3. The molecule has 0 aliphatic carbocycles. The number of hydrazone groups is 1. The lowest BCUT2D eigenvalue weighted by Crippen LogP contribution is -2.54. The average Bonchev–Trinajstić information content (AvgIpc) is 2.93. The Morgan fingerprint density at radius 3 is 2.52 bits per heavy atom. The Morgan fingerprint density at radius 1 is 1.10 bits per heavy atom. The number of hydrazine groups is 1. The molecule has 0 saturated carbocycles. The Bertz CT molecular complexity index is 1320. The molecule has 228 valence electrons. The fraction of sp³-hybridized carbons (Fsp3) is 0.484. The fourth-order valence-electron chi connectivity index (χ4n) is 4.67. The van der Waals surface area contributed by atoms with E-state index in [1.165, 1.54) is 16.3 Å². The van der Waals surface area contributed by atoms with Gasteiger partial charge in [-0.15, -0.1) is 4.68 Å². The summed E-state index contributed by atoms with van der Waals surface area (Å²) < 4.78 is 5.16. The smallest absolute Gasteiger partial charge is 0.334 e. The van der Waals surface area contributed by atoms with Crippen molar-refractivity contribution >= 4 is 75.6 Å². The van der Waals surface area contributed by atoms with Crippen LogP contribution < -0.4 is 16.1 Å². The molecule has 8 nitrogen and oxygen atoms in total. The van der Waals surface area contributed by atoms with Crippen molar-refractivity contribution in [3.63, 3.8) is 0 Å². The Balaban J connectivity index is 1.53. The standard InChI is InChI=1S/C31H39Cl3N4O4/c1-5-22-11-13-24-14-12-23(17-25(24)16-22)8-6-10-27(39)36-28(20(2)3)29(40)35-21(4)18-38-15-7-9-26(37-38)30(41)42-19-31(32,33)34/h6,8,11-14,16-18,20-21,26,28,37H,5,7,9-10,15,19H2,1-4H3,(H-,35,36,39,40)/p+1/b8-6+,38-18+. The van der Waals surface area contributed by atoms with Crippen molar-refractivity contribution in [2.75, 3.05) is 13.2 Å². The molecule has 3 unspecified atom stereocenters. The molecule has 0 aromatic heterocycles. The first kappa shape index (κ1) is 33.7. The summed E-state index contributed by atoms with van der Waals surface area (Å²) in [5.74, 6) is -1.16. The largest absolute Gasteiger partial charge is 0.459 e. The van der Waals surface area contributed by atoms with E-state index < -0.39 is 21.8 Å². The number of rotatable bonds is 11. The molecule has 0 bridgehead atoms. The number of amides is 2. The zero-order valence-corrected chi connectivity index (χ0v) is 26.7. The minimum Gasteiger partial charge on any atom is -0.459 e. The molecule has 1 aliphatic heterocycles. The number of nitrogens with zero attached hydrogens (tertiary/aromatic N) is 1. The zero-order chi connectivity index (χ0) is 30.9. The first-order valence-corrected chi connectivity index (χ1v) is 15.4. The highest BCUT2D eigenvalue weighted by molar-refractivity contribution is 6.67. The molecular weight excluding hydrogens is 599 g/mol. The van der Waals surface area contributed by atoms with Gasteiger partial charge in [-0.3, -0.25) is 9.59 Å². The van der Waals surface area contributed by atoms with Crippen molar-refractivity contribution in [2.45, 2.75) is 75.3 Å². The molecule has 1 fully saturated rings. The van der Waals surface area contributed by atoms with Crippen molar-refractivity contribution < 1.29 is 23.8 Å². The summed E-state index contributed by atoms with van der Waals surface area (Å²) in [6.07, 6.45) is 7.94. The van der Waals surface area contributed by atoms with Crippen LogP contribution in [0.15, 0.2) is 42.5 Å². The molecular formula is C31H40Cl3N4O4+. The van der Waals surface area contributed by atoms with E-state index in [9.17, 15) is 14.4 Å². The van der Waals surface area contributed by atoms with Gasteiger partial charge in [-0.2, -0.15) is 5.43 Å². The van der Waals surface area contributed by atoms with Crippen molar-refractivity contribution in [3.05, 3.63) is 53.6 Å². The van der Waals surface area contributed by atoms with Gasteiger partial charge in [0, 0.05) is 12.8 Å². The number of ether oxygens (including phenoxy) is 1. The molecule has 1 saturated heterocycles. The monoisotopic (exact) mass is 637 g/mol. The molecule has 2 amide bonds. The van der Waals surface area contributed by atoms with E-state index >= 15 is 0 Å². The highest BCUT2D eigenvalue weighted by Crippen LogP contribution is 2.26. The van der Waals surface area contributed by atoms with Gasteiger partial charge in [-0.05, 0) is 53.6 Å². The number of esters is 1. The molecule has 0 radical (unpaired) electrons. The fourth-order valence-corrected chi connectivity index (χ4v) is 4.83. The van der Waals surface area contributed by atoms with Crippen LogP contribution in [0.4, 0.5) is 0 Å². The van der Waals surface area contributed by atoms with Crippen LogP contribution in [0.2, 0.25) is 0 Å². The van der Waals surface area contributed by atoms with Crippen molar-refractivity contribution in [1.82, 2.24) is 16.1 Å². The number of hydrogen-bond acceptors (Lipinski definition) is 5. The minimum absolute atomic E-state index is 0.122. The maximum atomic E-state index is 13.1. The van der Waals surface area contributed by atoms with Crippen LogP contribution in [-0.2, 0) is 25.5 Å². The number of nitrogens with one attached hydrogen (secondary N) is 3. The van der Waals surface area contributed by atoms with Crippen LogP contribution >= 0.6 is 34.8 Å². The summed E-state index contributed by atoms with van der Waals surface area (Å²) in [4.78, 5) is 38.1. The van der Waals surface area contributed by atoms with Crippen molar-refractivity contribution in [1.29, 1.82) is 0 Å².